The number of hydrazone groups is 1. The molecule has 1 heterocycles. The summed E-state index contributed by atoms with van der Waals surface area (Å²) in [5.74, 6) is 0.904. The highest BCUT2D eigenvalue weighted by molar-refractivity contribution is 5.83. The number of nitrogens with one attached hydrogen (secondary N) is 1. The number of nitrogens with zero attached hydrogens (tertiary/aromatic N) is 1. The lowest BCUT2D eigenvalue weighted by Gasteiger charge is -2.13. The van der Waals surface area contributed by atoms with Crippen LogP contribution in [0.3, 0.4) is 0 Å². The van der Waals surface area contributed by atoms with Gasteiger partial charge in [0.15, 0.2) is 6.10 Å². The monoisotopic (exact) mass is 286 g/mol. The van der Waals surface area contributed by atoms with Gasteiger partial charge in [0.25, 0.3) is 5.91 Å². The molecule has 2 rings (SSSR count). The van der Waals surface area contributed by atoms with Crippen LogP contribution in [0.4, 0.5) is 0 Å². The Labute approximate surface area is 123 Å². The number of hydrogen-bond donors (Lipinski definition) is 1. The molecule has 1 aromatic heterocycles. The quantitative estimate of drug-likeness (QED) is 0.656. The molecule has 1 N–H and O–H groups in total. The van der Waals surface area contributed by atoms with Gasteiger partial charge in [0.2, 0.25) is 0 Å². The first-order chi connectivity index (χ1) is 10.2. The van der Waals surface area contributed by atoms with Crippen molar-refractivity contribution in [2.45, 2.75) is 26.4 Å². The normalized spacial score (nSPS) is 12.3. The first-order valence-electron chi connectivity index (χ1n) is 6.81. The van der Waals surface area contributed by atoms with E-state index >= 15 is 0 Å². The van der Waals surface area contributed by atoms with E-state index in [0.717, 1.165) is 6.42 Å². The average molecular weight is 286 g/mol. The van der Waals surface area contributed by atoms with Crippen molar-refractivity contribution < 1.29 is 13.9 Å². The maximum absolute atomic E-state index is 11.8. The van der Waals surface area contributed by atoms with Crippen molar-refractivity contribution >= 4 is 12.1 Å². The Hall–Kier alpha value is -2.56. The molecule has 0 radical (unpaired) electrons. The molecule has 2 aromatic rings. The number of carbonyl (C=O) groups is 1. The zero-order valence-electron chi connectivity index (χ0n) is 12.1. The molecular formula is C16H18N2O3. The second-order valence-electron chi connectivity index (χ2n) is 4.51. The Bertz CT molecular complexity index is 588. The molecule has 0 spiro atoms. The molecule has 21 heavy (non-hydrogen) atoms. The first-order valence-corrected chi connectivity index (χ1v) is 6.81. The van der Waals surface area contributed by atoms with Gasteiger partial charge in [-0.2, -0.15) is 5.10 Å². The molecule has 1 unspecified atom stereocenters. The molecule has 5 heteroatoms. The van der Waals surface area contributed by atoms with E-state index in [-0.39, 0.29) is 5.91 Å². The van der Waals surface area contributed by atoms with Gasteiger partial charge in [-0.05, 0) is 43.2 Å². The Kier molecular flexibility index (Phi) is 5.15. The number of benzene rings is 1. The first kappa shape index (κ1) is 14.8. The highest BCUT2D eigenvalue weighted by atomic mass is 16.5. The Balaban J connectivity index is 1.84. The molecule has 110 valence electrons. The minimum absolute atomic E-state index is 0.322. The fourth-order valence-corrected chi connectivity index (χ4v) is 1.68. The lowest BCUT2D eigenvalue weighted by Crippen LogP contribution is -2.33. The average Bonchev–Trinajstić information content (AvgIpc) is 3.01. The van der Waals surface area contributed by atoms with Gasteiger partial charge in [0, 0.05) is 0 Å². The summed E-state index contributed by atoms with van der Waals surface area (Å²) in [6.45, 7) is 3.76. The van der Waals surface area contributed by atoms with Crippen LogP contribution in [0.25, 0.3) is 0 Å². The van der Waals surface area contributed by atoms with Gasteiger partial charge in [-0.15, -0.1) is 0 Å². The van der Waals surface area contributed by atoms with Crippen molar-refractivity contribution in [1.29, 1.82) is 0 Å². The largest absolute Gasteiger partial charge is 0.481 e. The van der Waals surface area contributed by atoms with E-state index in [2.05, 4.69) is 17.5 Å². The topological polar surface area (TPSA) is 63.8 Å². The zero-order valence-corrected chi connectivity index (χ0v) is 12.1. The summed E-state index contributed by atoms with van der Waals surface area (Å²) in [5, 5.41) is 3.81. The van der Waals surface area contributed by atoms with Gasteiger partial charge in [0.05, 0.1) is 12.5 Å². The number of ether oxygens (including phenoxy) is 1. The number of rotatable bonds is 6. The SMILES string of the molecule is CCc1ccc(OC(C)C(=O)N/N=C/c2ccco2)cc1. The van der Waals surface area contributed by atoms with Gasteiger partial charge >= 0.3 is 0 Å². The number of aryl methyl sites for hydroxylation is 1. The minimum Gasteiger partial charge on any atom is -0.481 e. The smallest absolute Gasteiger partial charge is 0.280 e. The molecule has 1 atom stereocenters. The van der Waals surface area contributed by atoms with Crippen molar-refractivity contribution in [3.8, 4) is 5.75 Å². The maximum atomic E-state index is 11.8. The van der Waals surface area contributed by atoms with Crippen molar-refractivity contribution in [3.05, 3.63) is 54.0 Å². The van der Waals surface area contributed by atoms with Gasteiger partial charge in [0.1, 0.15) is 11.5 Å². The fourth-order valence-electron chi connectivity index (χ4n) is 1.68. The highest BCUT2D eigenvalue weighted by Gasteiger charge is 2.13. The molecule has 0 bridgehead atoms. The van der Waals surface area contributed by atoms with Crippen LogP contribution in [-0.4, -0.2) is 18.2 Å². The van der Waals surface area contributed by atoms with Crippen LogP contribution in [0, 0.1) is 0 Å². The van der Waals surface area contributed by atoms with E-state index in [1.165, 1.54) is 18.0 Å². The van der Waals surface area contributed by atoms with E-state index in [0.29, 0.717) is 11.5 Å². The summed E-state index contributed by atoms with van der Waals surface area (Å²) < 4.78 is 10.6. The van der Waals surface area contributed by atoms with Crippen LogP contribution in [0.15, 0.2) is 52.2 Å². The molecule has 0 aliphatic rings. The third-order valence-electron chi connectivity index (χ3n) is 2.92. The third-order valence-corrected chi connectivity index (χ3v) is 2.92. The van der Waals surface area contributed by atoms with Crippen LogP contribution < -0.4 is 10.2 Å². The summed E-state index contributed by atoms with van der Waals surface area (Å²) in [5.41, 5.74) is 3.63. The van der Waals surface area contributed by atoms with E-state index in [4.69, 9.17) is 9.15 Å². The molecule has 0 saturated heterocycles. The van der Waals surface area contributed by atoms with E-state index in [1.54, 1.807) is 19.1 Å². The predicted octanol–water partition coefficient (Wildman–Crippen LogP) is 2.76. The second kappa shape index (κ2) is 7.28. The summed E-state index contributed by atoms with van der Waals surface area (Å²) in [4.78, 5) is 11.8. The lowest BCUT2D eigenvalue weighted by atomic mass is 10.2. The molecule has 1 amide bonds. The summed E-state index contributed by atoms with van der Waals surface area (Å²) >= 11 is 0. The number of carbonyl (C=O) groups excluding carboxylic acids is 1. The fraction of sp³-hybridized carbons (Fsp3) is 0.250. The Morgan fingerprint density at radius 3 is 2.76 bits per heavy atom. The second-order valence-corrected chi connectivity index (χ2v) is 4.51. The van der Waals surface area contributed by atoms with E-state index in [1.807, 2.05) is 24.3 Å². The zero-order chi connectivity index (χ0) is 15.1. The standard InChI is InChI=1S/C16H18N2O3/c1-3-13-6-8-14(9-7-13)21-12(2)16(19)18-17-11-15-5-4-10-20-15/h4-12H,3H2,1-2H3,(H,18,19)/b17-11+. The highest BCUT2D eigenvalue weighted by Crippen LogP contribution is 2.14. The number of furan rings is 1. The Morgan fingerprint density at radius 1 is 1.38 bits per heavy atom. The van der Waals surface area contributed by atoms with Crippen molar-refractivity contribution in [3.63, 3.8) is 0 Å². The van der Waals surface area contributed by atoms with Crippen LogP contribution in [0.1, 0.15) is 25.2 Å². The summed E-state index contributed by atoms with van der Waals surface area (Å²) in [6.07, 6.45) is 3.30. The molecule has 1 aromatic carbocycles. The Morgan fingerprint density at radius 2 is 2.14 bits per heavy atom. The van der Waals surface area contributed by atoms with Crippen molar-refractivity contribution in [2.24, 2.45) is 5.10 Å². The minimum atomic E-state index is -0.633. The molecule has 0 aliphatic carbocycles. The van der Waals surface area contributed by atoms with Gasteiger partial charge in [-0.25, -0.2) is 5.43 Å². The van der Waals surface area contributed by atoms with Crippen LogP contribution in [0.2, 0.25) is 0 Å². The molecule has 5 nitrogen and oxygen atoms in total. The number of hydrogen-bond acceptors (Lipinski definition) is 4. The summed E-state index contributed by atoms with van der Waals surface area (Å²) in [7, 11) is 0. The van der Waals surface area contributed by atoms with E-state index in [9.17, 15) is 4.79 Å². The summed E-state index contributed by atoms with van der Waals surface area (Å²) in [6, 6.07) is 11.2. The van der Waals surface area contributed by atoms with Crippen LogP contribution in [-0.2, 0) is 11.2 Å². The van der Waals surface area contributed by atoms with Gasteiger partial charge < -0.3 is 9.15 Å². The van der Waals surface area contributed by atoms with Crippen molar-refractivity contribution in [1.82, 2.24) is 5.43 Å². The number of amides is 1. The predicted molar refractivity (Wildman–Crippen MR) is 80.4 cm³/mol. The lowest BCUT2D eigenvalue weighted by molar-refractivity contribution is -0.127. The third kappa shape index (κ3) is 4.49. The molecule has 0 saturated carbocycles. The van der Waals surface area contributed by atoms with Crippen LogP contribution >= 0.6 is 0 Å². The van der Waals surface area contributed by atoms with Gasteiger partial charge in [-0.1, -0.05) is 19.1 Å². The molecule has 0 aliphatic heterocycles. The van der Waals surface area contributed by atoms with Crippen LogP contribution in [0.5, 0.6) is 5.75 Å². The van der Waals surface area contributed by atoms with Crippen molar-refractivity contribution in [2.75, 3.05) is 0 Å². The van der Waals surface area contributed by atoms with E-state index < -0.39 is 6.10 Å². The molecule has 0 fully saturated rings. The maximum Gasteiger partial charge on any atom is 0.280 e. The molecular weight excluding hydrogens is 268 g/mol. The van der Waals surface area contributed by atoms with Gasteiger partial charge in [-0.3, -0.25) is 4.79 Å².